The lowest BCUT2D eigenvalue weighted by Gasteiger charge is -2.39. The number of rotatable bonds is 9. The minimum atomic E-state index is -1.53. The average Bonchev–Trinajstić information content (AvgIpc) is 3.42. The molecule has 2 aliphatic rings. The van der Waals surface area contributed by atoms with Gasteiger partial charge in [0.1, 0.15) is 24.4 Å². The zero-order valence-corrected chi connectivity index (χ0v) is 19.8. The van der Waals surface area contributed by atoms with E-state index in [4.69, 9.17) is 24.0 Å². The number of nitrogens with zero attached hydrogens (tertiary/aromatic N) is 2. The molecular weight excluding hydrogens is 444 g/mol. The third-order valence-corrected chi connectivity index (χ3v) is 6.57. The Bertz CT molecular complexity index is 978. The second kappa shape index (κ2) is 10.5. The van der Waals surface area contributed by atoms with Crippen molar-refractivity contribution >= 4 is 0 Å². The highest BCUT2D eigenvalue weighted by Gasteiger charge is 2.45. The van der Waals surface area contributed by atoms with Gasteiger partial charge >= 0.3 is 0 Å². The van der Waals surface area contributed by atoms with E-state index in [2.05, 4.69) is 13.8 Å². The van der Waals surface area contributed by atoms with E-state index in [0.29, 0.717) is 17.9 Å². The highest BCUT2D eigenvalue weighted by atomic mass is 16.7. The lowest BCUT2D eigenvalue weighted by atomic mass is 9.99. The summed E-state index contributed by atoms with van der Waals surface area (Å²) in [5.74, 6) is 1.65. The average molecular weight is 479 g/mol. The van der Waals surface area contributed by atoms with Crippen LogP contribution in [0.4, 0.5) is 0 Å². The monoisotopic (exact) mass is 478 g/mol. The maximum absolute atomic E-state index is 10.5. The molecule has 0 radical (unpaired) electrons. The first-order valence-electron chi connectivity index (χ1n) is 11.8. The molecule has 4 rings (SSSR count). The number of ether oxygens (including phenoxy) is 4. The van der Waals surface area contributed by atoms with E-state index in [1.807, 2.05) is 29.8 Å². The second-order valence-electron chi connectivity index (χ2n) is 8.84. The Morgan fingerprint density at radius 3 is 2.59 bits per heavy atom. The molecule has 2 aromatic rings. The number of aromatic nitrogens is 2. The molecule has 2 aliphatic heterocycles. The minimum absolute atomic E-state index is 0.174. The molecule has 34 heavy (non-hydrogen) atoms. The van der Waals surface area contributed by atoms with E-state index in [1.165, 1.54) is 0 Å². The van der Waals surface area contributed by atoms with E-state index in [1.54, 1.807) is 0 Å². The van der Waals surface area contributed by atoms with Crippen LogP contribution in [0.15, 0.2) is 18.2 Å². The molecule has 6 atom stereocenters. The van der Waals surface area contributed by atoms with Crippen LogP contribution >= 0.6 is 0 Å². The van der Waals surface area contributed by atoms with Gasteiger partial charge in [-0.1, -0.05) is 26.3 Å². The zero-order chi connectivity index (χ0) is 24.4. The van der Waals surface area contributed by atoms with Gasteiger partial charge in [0.2, 0.25) is 19.0 Å². The van der Waals surface area contributed by atoms with Crippen LogP contribution < -0.4 is 14.2 Å². The van der Waals surface area contributed by atoms with Crippen LogP contribution in [0.3, 0.4) is 0 Å². The van der Waals surface area contributed by atoms with Crippen molar-refractivity contribution < 1.29 is 39.4 Å². The maximum Gasteiger partial charge on any atom is 0.239 e. The van der Waals surface area contributed by atoms with Gasteiger partial charge in [0.25, 0.3) is 0 Å². The molecular formula is C24H34N2O8. The van der Waals surface area contributed by atoms with Gasteiger partial charge in [-0.2, -0.15) is 0 Å². The molecule has 0 saturated carbocycles. The Morgan fingerprint density at radius 1 is 1.12 bits per heavy atom. The first kappa shape index (κ1) is 24.7. The summed E-state index contributed by atoms with van der Waals surface area (Å²) in [4.78, 5) is 0. The Kier molecular flexibility index (Phi) is 7.63. The molecule has 2 unspecified atom stereocenters. The topological polar surface area (TPSA) is 136 Å². The van der Waals surface area contributed by atoms with E-state index >= 15 is 0 Å². The largest absolute Gasteiger partial charge is 0.454 e. The zero-order valence-electron chi connectivity index (χ0n) is 19.8. The number of hydrogen-bond donors (Lipinski definition) is 4. The van der Waals surface area contributed by atoms with Gasteiger partial charge in [0, 0.05) is 17.7 Å². The van der Waals surface area contributed by atoms with Crippen LogP contribution in [0.25, 0.3) is 0 Å². The highest BCUT2D eigenvalue weighted by Crippen LogP contribution is 2.36. The highest BCUT2D eigenvalue weighted by molar-refractivity contribution is 5.47. The summed E-state index contributed by atoms with van der Waals surface area (Å²) in [5, 5.41) is 45.0. The predicted octanol–water partition coefficient (Wildman–Crippen LogP) is 1.44. The quantitative estimate of drug-likeness (QED) is 0.422. The number of aliphatic hydroxyl groups excluding tert-OH is 4. The van der Waals surface area contributed by atoms with Crippen LogP contribution in [-0.4, -0.2) is 74.3 Å². The molecule has 1 aromatic heterocycles. The van der Waals surface area contributed by atoms with Gasteiger partial charge in [0.05, 0.1) is 12.6 Å². The summed E-state index contributed by atoms with van der Waals surface area (Å²) in [6, 6.07) is 5.90. The van der Waals surface area contributed by atoms with Crippen molar-refractivity contribution in [2.24, 2.45) is 0 Å². The second-order valence-corrected chi connectivity index (χ2v) is 8.84. The van der Waals surface area contributed by atoms with Crippen LogP contribution in [0.5, 0.6) is 17.4 Å². The third kappa shape index (κ3) is 4.73. The van der Waals surface area contributed by atoms with Gasteiger partial charge < -0.3 is 39.4 Å². The van der Waals surface area contributed by atoms with Crippen molar-refractivity contribution in [1.29, 1.82) is 0 Å². The molecule has 10 nitrogen and oxygen atoms in total. The van der Waals surface area contributed by atoms with Crippen LogP contribution in [0.2, 0.25) is 0 Å². The van der Waals surface area contributed by atoms with E-state index in [9.17, 15) is 20.4 Å². The maximum atomic E-state index is 10.5. The fourth-order valence-electron chi connectivity index (χ4n) is 4.54. The first-order chi connectivity index (χ1) is 16.4. The number of hydrogen-bond acceptors (Lipinski definition) is 9. The molecule has 0 spiro atoms. The van der Waals surface area contributed by atoms with Crippen molar-refractivity contribution in [3.63, 3.8) is 0 Å². The Morgan fingerprint density at radius 2 is 1.88 bits per heavy atom. The summed E-state index contributed by atoms with van der Waals surface area (Å²) in [6.45, 7) is 5.87. The third-order valence-electron chi connectivity index (χ3n) is 6.57. The van der Waals surface area contributed by atoms with Crippen LogP contribution in [-0.2, 0) is 11.2 Å². The molecule has 10 heteroatoms. The van der Waals surface area contributed by atoms with Crippen LogP contribution in [0, 0.1) is 6.92 Å². The van der Waals surface area contributed by atoms with Gasteiger partial charge in [-0.15, -0.1) is 5.10 Å². The molecule has 1 aromatic carbocycles. The lowest BCUT2D eigenvalue weighted by molar-refractivity contribution is -0.278. The van der Waals surface area contributed by atoms with Gasteiger partial charge in [-0.25, -0.2) is 0 Å². The SMILES string of the molecule is CCCC(CC)n1nc(O[C@@H]2OC(CO)[C@@H](O)[C@H](O)[C@H]2O)c(Cc2ccc3c(c2)OCO3)c1C. The standard InChI is InChI=1S/C24H34N2O8/c1-4-6-15(5-2)26-13(3)16(9-14-7-8-17-18(10-14)32-12-31-17)23(25-26)34-24-22(30)21(29)20(28)19(11-27)33-24/h7-8,10,15,19-22,24,27-30H,4-6,9,11-12H2,1-3H3/t15?,19?,20-,21+,22-,24+/m1/s1. The van der Waals surface area contributed by atoms with Gasteiger partial charge in [-0.05, 0) is 37.5 Å². The predicted molar refractivity (Wildman–Crippen MR) is 121 cm³/mol. The molecule has 1 saturated heterocycles. The van der Waals surface area contributed by atoms with Crippen molar-refractivity contribution in [3.05, 3.63) is 35.0 Å². The Labute approximate surface area is 198 Å². The molecule has 0 bridgehead atoms. The Hall–Kier alpha value is -2.37. The smallest absolute Gasteiger partial charge is 0.239 e. The van der Waals surface area contributed by atoms with Gasteiger partial charge in [-0.3, -0.25) is 4.68 Å². The number of fused-ring (bicyclic) bond motifs is 1. The Balaban J connectivity index is 1.67. The fraction of sp³-hybridized carbons (Fsp3) is 0.625. The van der Waals surface area contributed by atoms with Gasteiger partial charge in [0.15, 0.2) is 11.5 Å². The minimum Gasteiger partial charge on any atom is -0.454 e. The van der Waals surface area contributed by atoms with Crippen molar-refractivity contribution in [2.45, 2.75) is 83.2 Å². The summed E-state index contributed by atoms with van der Waals surface area (Å²) >= 11 is 0. The van der Waals surface area contributed by atoms with Crippen molar-refractivity contribution in [2.75, 3.05) is 13.4 Å². The molecule has 1 fully saturated rings. The van der Waals surface area contributed by atoms with Crippen molar-refractivity contribution in [1.82, 2.24) is 9.78 Å². The van der Waals surface area contributed by atoms with Crippen molar-refractivity contribution in [3.8, 4) is 17.4 Å². The normalized spacial score (nSPS) is 27.1. The summed E-state index contributed by atoms with van der Waals surface area (Å²) < 4.78 is 24.4. The molecule has 0 amide bonds. The van der Waals surface area contributed by atoms with E-state index < -0.39 is 37.3 Å². The number of aliphatic hydroxyl groups is 4. The van der Waals surface area contributed by atoms with Crippen LogP contribution in [0.1, 0.15) is 56.0 Å². The number of benzene rings is 1. The van der Waals surface area contributed by atoms with E-state index in [-0.39, 0.29) is 18.7 Å². The first-order valence-corrected chi connectivity index (χ1v) is 11.8. The molecule has 0 aliphatic carbocycles. The summed E-state index contributed by atoms with van der Waals surface area (Å²) in [5.41, 5.74) is 2.71. The molecule has 4 N–H and O–H groups in total. The molecule has 3 heterocycles. The lowest BCUT2D eigenvalue weighted by Crippen LogP contribution is -2.60. The summed E-state index contributed by atoms with van der Waals surface area (Å²) in [6.07, 6.45) is -3.55. The summed E-state index contributed by atoms with van der Waals surface area (Å²) in [7, 11) is 0. The molecule has 188 valence electrons. The van der Waals surface area contributed by atoms with E-state index in [0.717, 1.165) is 36.1 Å². The fourth-order valence-corrected chi connectivity index (χ4v) is 4.54.